The maximum Gasteiger partial charge on any atom is -0.00675 e. The van der Waals surface area contributed by atoms with E-state index in [2.05, 4.69) is 32.5 Å². The molecule has 1 heteroatoms. The lowest BCUT2D eigenvalue weighted by Crippen LogP contribution is -1.89. The van der Waals surface area contributed by atoms with Crippen LogP contribution >= 0.6 is 11.8 Å². The Kier molecular flexibility index (Phi) is 34.7. The second-order valence-corrected chi connectivity index (χ2v) is 13.9. The van der Waals surface area contributed by atoms with Gasteiger partial charge in [0.2, 0.25) is 0 Å². The molecule has 0 saturated heterocycles. The maximum atomic E-state index is 2.34. The number of thioether (sulfide) groups is 1. The summed E-state index contributed by atoms with van der Waals surface area (Å²) < 4.78 is 0. The van der Waals surface area contributed by atoms with E-state index in [0.29, 0.717) is 0 Å². The standard InChI is InChI=1S/C36H74S/c1-4-5-6-7-8-9-10-11-12-13-14-15-16-17-18-19-20-21-22-23-24-25-26-27-28-31-34-37-35-32-29-30-33-36(2)3/h36H,4-35H2,1-3H3. The highest BCUT2D eigenvalue weighted by Crippen LogP contribution is 2.17. The third-order valence-electron chi connectivity index (χ3n) is 8.21. The van der Waals surface area contributed by atoms with Gasteiger partial charge in [0.25, 0.3) is 0 Å². The van der Waals surface area contributed by atoms with Crippen LogP contribution in [0, 0.1) is 5.92 Å². The largest absolute Gasteiger partial charge is 0.162 e. The molecule has 0 rings (SSSR count). The lowest BCUT2D eigenvalue weighted by atomic mass is 10.0. The lowest BCUT2D eigenvalue weighted by molar-refractivity contribution is 0.516. The molecule has 0 N–H and O–H groups in total. The van der Waals surface area contributed by atoms with Gasteiger partial charge in [0.15, 0.2) is 0 Å². The number of hydrogen-bond donors (Lipinski definition) is 0. The van der Waals surface area contributed by atoms with Crippen LogP contribution in [0.2, 0.25) is 0 Å². The van der Waals surface area contributed by atoms with E-state index >= 15 is 0 Å². The smallest absolute Gasteiger partial charge is 0.00675 e. The molecule has 0 unspecified atom stereocenters. The van der Waals surface area contributed by atoms with Crippen molar-refractivity contribution in [3.05, 3.63) is 0 Å². The van der Waals surface area contributed by atoms with Gasteiger partial charge in [0.05, 0.1) is 0 Å². The Balaban J connectivity index is 3.01. The van der Waals surface area contributed by atoms with Crippen LogP contribution in [-0.4, -0.2) is 11.5 Å². The van der Waals surface area contributed by atoms with Crippen LogP contribution in [-0.2, 0) is 0 Å². The van der Waals surface area contributed by atoms with Crippen LogP contribution in [0.1, 0.15) is 213 Å². The Morgan fingerprint density at radius 2 is 0.568 bits per heavy atom. The van der Waals surface area contributed by atoms with Crippen molar-refractivity contribution in [1.82, 2.24) is 0 Å². The molecule has 37 heavy (non-hydrogen) atoms. The van der Waals surface area contributed by atoms with Crippen LogP contribution < -0.4 is 0 Å². The van der Waals surface area contributed by atoms with Crippen molar-refractivity contribution in [2.75, 3.05) is 11.5 Å². The van der Waals surface area contributed by atoms with E-state index in [9.17, 15) is 0 Å². The zero-order valence-electron chi connectivity index (χ0n) is 26.6. The van der Waals surface area contributed by atoms with E-state index in [0.717, 1.165) is 5.92 Å². The van der Waals surface area contributed by atoms with Crippen molar-refractivity contribution < 1.29 is 0 Å². The summed E-state index contributed by atoms with van der Waals surface area (Å²) in [5.74, 6) is 3.70. The molecule has 0 aromatic heterocycles. The van der Waals surface area contributed by atoms with Crippen molar-refractivity contribution in [3.8, 4) is 0 Å². The van der Waals surface area contributed by atoms with Gasteiger partial charge in [-0.3, -0.25) is 0 Å². The fourth-order valence-corrected chi connectivity index (χ4v) is 6.58. The van der Waals surface area contributed by atoms with Crippen LogP contribution in [0.25, 0.3) is 0 Å². The summed E-state index contributed by atoms with van der Waals surface area (Å²) in [4.78, 5) is 0. The molecule has 0 aromatic rings. The minimum atomic E-state index is 0.890. The third-order valence-corrected chi connectivity index (χ3v) is 9.37. The van der Waals surface area contributed by atoms with E-state index in [1.807, 2.05) is 0 Å². The van der Waals surface area contributed by atoms with Crippen molar-refractivity contribution in [1.29, 1.82) is 0 Å². The SMILES string of the molecule is CCCCCCCCCCCCCCCCCCCCCCCCCCCCSCCCCCC(C)C. The molecular weight excluding hydrogens is 464 g/mol. The second-order valence-electron chi connectivity index (χ2n) is 12.7. The van der Waals surface area contributed by atoms with E-state index in [4.69, 9.17) is 0 Å². The zero-order chi connectivity index (χ0) is 26.9. The van der Waals surface area contributed by atoms with Gasteiger partial charge in [-0.05, 0) is 30.3 Å². The maximum absolute atomic E-state index is 2.34. The van der Waals surface area contributed by atoms with Crippen molar-refractivity contribution in [2.45, 2.75) is 213 Å². The van der Waals surface area contributed by atoms with Crippen molar-refractivity contribution in [2.24, 2.45) is 5.92 Å². The first-order chi connectivity index (χ1) is 18.3. The molecule has 0 aliphatic carbocycles. The Bertz CT molecular complexity index is 377. The van der Waals surface area contributed by atoms with Gasteiger partial charge < -0.3 is 0 Å². The minimum Gasteiger partial charge on any atom is -0.162 e. The Hall–Kier alpha value is 0.350. The first-order valence-corrected chi connectivity index (χ1v) is 19.0. The Morgan fingerprint density at radius 3 is 0.838 bits per heavy atom. The average Bonchev–Trinajstić information content (AvgIpc) is 2.89. The fourth-order valence-electron chi connectivity index (χ4n) is 5.56. The van der Waals surface area contributed by atoms with E-state index in [-0.39, 0.29) is 0 Å². The summed E-state index contributed by atoms with van der Waals surface area (Å²) in [5, 5.41) is 0. The quantitative estimate of drug-likeness (QED) is 0.0748. The van der Waals surface area contributed by atoms with Gasteiger partial charge in [-0.2, -0.15) is 11.8 Å². The fraction of sp³-hybridized carbons (Fsp3) is 1.00. The molecule has 0 amide bonds. The molecule has 0 heterocycles. The molecule has 0 bridgehead atoms. The summed E-state index contributed by atoms with van der Waals surface area (Å²) in [6.07, 6.45) is 44.3. The predicted octanol–water partition coefficient (Wildman–Crippen LogP) is 14.1. The monoisotopic (exact) mass is 539 g/mol. The average molecular weight is 539 g/mol. The van der Waals surface area contributed by atoms with E-state index in [1.54, 1.807) is 0 Å². The Morgan fingerprint density at radius 1 is 0.324 bits per heavy atom. The van der Waals surface area contributed by atoms with E-state index in [1.165, 1.54) is 204 Å². The number of rotatable bonds is 33. The van der Waals surface area contributed by atoms with Crippen LogP contribution in [0.3, 0.4) is 0 Å². The summed E-state index contributed by atoms with van der Waals surface area (Å²) in [6.45, 7) is 7.00. The molecule has 0 saturated carbocycles. The first kappa shape index (κ1) is 37.4. The summed E-state index contributed by atoms with van der Waals surface area (Å²) >= 11 is 2.21. The van der Waals surface area contributed by atoms with Crippen LogP contribution in [0.5, 0.6) is 0 Å². The highest BCUT2D eigenvalue weighted by atomic mass is 32.2. The normalized spacial score (nSPS) is 11.7. The first-order valence-electron chi connectivity index (χ1n) is 17.8. The van der Waals surface area contributed by atoms with Gasteiger partial charge in [-0.1, -0.05) is 201 Å². The van der Waals surface area contributed by atoms with Gasteiger partial charge in [-0.15, -0.1) is 0 Å². The summed E-state index contributed by atoms with van der Waals surface area (Å²) in [7, 11) is 0. The second kappa shape index (κ2) is 34.4. The molecule has 0 radical (unpaired) electrons. The number of hydrogen-bond acceptors (Lipinski definition) is 1. The molecule has 0 fully saturated rings. The molecule has 0 nitrogen and oxygen atoms in total. The van der Waals surface area contributed by atoms with Crippen molar-refractivity contribution in [3.63, 3.8) is 0 Å². The van der Waals surface area contributed by atoms with Gasteiger partial charge in [-0.25, -0.2) is 0 Å². The summed E-state index contributed by atoms with van der Waals surface area (Å²) in [6, 6.07) is 0. The number of unbranched alkanes of at least 4 members (excludes halogenated alkanes) is 27. The third kappa shape index (κ3) is 36.4. The Labute approximate surface area is 242 Å². The summed E-state index contributed by atoms with van der Waals surface area (Å²) in [5.41, 5.74) is 0. The molecule has 0 aliphatic heterocycles. The van der Waals surface area contributed by atoms with Gasteiger partial charge in [0, 0.05) is 0 Å². The van der Waals surface area contributed by atoms with Crippen LogP contribution in [0.15, 0.2) is 0 Å². The molecule has 224 valence electrons. The van der Waals surface area contributed by atoms with Gasteiger partial charge in [0.1, 0.15) is 0 Å². The van der Waals surface area contributed by atoms with Crippen molar-refractivity contribution >= 4 is 11.8 Å². The van der Waals surface area contributed by atoms with Crippen LogP contribution in [0.4, 0.5) is 0 Å². The molecule has 0 spiro atoms. The zero-order valence-corrected chi connectivity index (χ0v) is 27.4. The molecule has 0 atom stereocenters. The van der Waals surface area contributed by atoms with Gasteiger partial charge >= 0.3 is 0 Å². The molecular formula is C36H74S. The highest BCUT2D eigenvalue weighted by Gasteiger charge is 1.98. The topological polar surface area (TPSA) is 0 Å². The highest BCUT2D eigenvalue weighted by molar-refractivity contribution is 7.99. The van der Waals surface area contributed by atoms with E-state index < -0.39 is 0 Å². The minimum absolute atomic E-state index is 0.890. The molecule has 0 aliphatic rings. The predicted molar refractivity (Wildman–Crippen MR) is 176 cm³/mol. The lowest BCUT2D eigenvalue weighted by Gasteiger charge is -2.05. The molecule has 0 aromatic carbocycles.